The van der Waals surface area contributed by atoms with E-state index in [4.69, 9.17) is 0 Å². The maximum absolute atomic E-state index is 4.00. The van der Waals surface area contributed by atoms with E-state index in [1.807, 2.05) is 18.9 Å². The molecule has 9 heavy (non-hydrogen) atoms. The van der Waals surface area contributed by atoms with Crippen molar-refractivity contribution in [2.24, 2.45) is 9.98 Å². The zero-order chi connectivity index (χ0) is 7.11. The van der Waals surface area contributed by atoms with E-state index in [1.165, 1.54) is 0 Å². The normalized spacial score (nSPS) is 11.4. The Morgan fingerprint density at radius 2 is 2.22 bits per heavy atom. The van der Waals surface area contributed by atoms with Gasteiger partial charge in [-0.25, -0.2) is 0 Å². The van der Waals surface area contributed by atoms with Crippen molar-refractivity contribution in [2.75, 3.05) is 20.8 Å². The third-order valence-corrected chi connectivity index (χ3v) is 0.800. The summed E-state index contributed by atoms with van der Waals surface area (Å²) in [7, 11) is 3.67. The van der Waals surface area contributed by atoms with Gasteiger partial charge in [0.1, 0.15) is 6.67 Å². The van der Waals surface area contributed by atoms with Gasteiger partial charge in [0.05, 0.1) is 6.34 Å². The van der Waals surface area contributed by atoms with Gasteiger partial charge in [-0.2, -0.15) is 0 Å². The fourth-order valence-corrected chi connectivity index (χ4v) is 0.444. The molecule has 0 aliphatic heterocycles. The molecule has 0 radical (unpaired) electrons. The van der Waals surface area contributed by atoms with Gasteiger partial charge < -0.3 is 4.90 Å². The average molecular weight is 127 g/mol. The Kier molecular flexibility index (Phi) is 4.78. The minimum Gasteiger partial charge on any atom is -0.347 e. The Balaban J connectivity index is 3.37. The van der Waals surface area contributed by atoms with Crippen LogP contribution in [-0.4, -0.2) is 38.2 Å². The molecule has 0 saturated heterocycles. The van der Waals surface area contributed by atoms with Crippen LogP contribution in [0.2, 0.25) is 0 Å². The van der Waals surface area contributed by atoms with E-state index >= 15 is 0 Å². The fourth-order valence-electron chi connectivity index (χ4n) is 0.444. The Morgan fingerprint density at radius 3 is 2.67 bits per heavy atom. The average Bonchev–Trinajstić information content (AvgIpc) is 1.85. The Morgan fingerprint density at radius 1 is 1.56 bits per heavy atom. The molecule has 0 aromatic heterocycles. The van der Waals surface area contributed by atoms with Gasteiger partial charge in [0.25, 0.3) is 0 Å². The monoisotopic (exact) mass is 127 g/mol. The molecule has 0 spiro atoms. The second-order valence-electron chi connectivity index (χ2n) is 1.71. The number of hydrogen-bond donors (Lipinski definition) is 0. The molecule has 0 unspecified atom stereocenters. The molecule has 52 valence electrons. The zero-order valence-corrected chi connectivity index (χ0v) is 6.20. The van der Waals surface area contributed by atoms with Crippen LogP contribution in [0.5, 0.6) is 0 Å². The quantitative estimate of drug-likeness (QED) is 0.403. The predicted molar refractivity (Wildman–Crippen MR) is 41.2 cm³/mol. The summed E-state index contributed by atoms with van der Waals surface area (Å²) in [6.45, 7) is 2.59. The van der Waals surface area contributed by atoms with Crippen LogP contribution in [0.1, 0.15) is 6.92 Å². The van der Waals surface area contributed by atoms with E-state index in [2.05, 4.69) is 9.98 Å². The molecule has 0 N–H and O–H groups in total. The minimum absolute atomic E-state index is 0.688. The van der Waals surface area contributed by atoms with Crippen molar-refractivity contribution in [3.8, 4) is 0 Å². The minimum atomic E-state index is 0.688. The van der Waals surface area contributed by atoms with Crippen LogP contribution in [0.15, 0.2) is 9.98 Å². The first kappa shape index (κ1) is 8.14. The highest BCUT2D eigenvalue weighted by Crippen LogP contribution is 1.75. The standard InChI is InChI=1S/C6H13N3/c1-4-8-6-9(3)5-7-2/h4-5H,6H2,1-3H3/b7-5-,8-4-. The summed E-state index contributed by atoms with van der Waals surface area (Å²) in [5, 5.41) is 0. The smallest absolute Gasteiger partial charge is 0.110 e. The number of hydrogen-bond acceptors (Lipinski definition) is 2. The van der Waals surface area contributed by atoms with Crippen LogP contribution in [0, 0.1) is 0 Å². The van der Waals surface area contributed by atoms with Gasteiger partial charge in [-0.05, 0) is 13.1 Å². The fraction of sp³-hybridized carbons (Fsp3) is 0.667. The van der Waals surface area contributed by atoms with Crippen LogP contribution >= 0.6 is 0 Å². The van der Waals surface area contributed by atoms with Crippen molar-refractivity contribution in [1.29, 1.82) is 0 Å². The lowest BCUT2D eigenvalue weighted by molar-refractivity contribution is 0.539. The molecule has 0 aromatic rings. The lowest BCUT2D eigenvalue weighted by Gasteiger charge is -2.06. The molecule has 0 rings (SSSR count). The molecule has 3 heteroatoms. The molecule has 3 nitrogen and oxygen atoms in total. The molecular weight excluding hydrogens is 114 g/mol. The van der Waals surface area contributed by atoms with Crippen molar-refractivity contribution in [1.82, 2.24) is 4.90 Å². The predicted octanol–water partition coefficient (Wildman–Crippen LogP) is 0.625. The van der Waals surface area contributed by atoms with E-state index in [0.29, 0.717) is 6.67 Å². The molecule has 0 heterocycles. The van der Waals surface area contributed by atoms with Gasteiger partial charge in [0, 0.05) is 14.1 Å². The third-order valence-electron chi connectivity index (χ3n) is 0.800. The van der Waals surface area contributed by atoms with Crippen molar-refractivity contribution in [2.45, 2.75) is 6.92 Å². The van der Waals surface area contributed by atoms with E-state index < -0.39 is 0 Å². The first-order chi connectivity index (χ1) is 4.31. The number of rotatable bonds is 3. The molecule has 0 fully saturated rings. The highest BCUT2D eigenvalue weighted by molar-refractivity contribution is 5.56. The van der Waals surface area contributed by atoms with Crippen molar-refractivity contribution < 1.29 is 0 Å². The first-order valence-corrected chi connectivity index (χ1v) is 2.88. The number of aliphatic imine (C=N–C) groups is 2. The van der Waals surface area contributed by atoms with E-state index in [1.54, 1.807) is 19.6 Å². The second kappa shape index (κ2) is 5.28. The summed E-state index contributed by atoms with van der Waals surface area (Å²) < 4.78 is 0. The van der Waals surface area contributed by atoms with Gasteiger partial charge in [-0.15, -0.1) is 0 Å². The molecular formula is C6H13N3. The van der Waals surface area contributed by atoms with E-state index in [-0.39, 0.29) is 0 Å². The first-order valence-electron chi connectivity index (χ1n) is 2.88. The summed E-state index contributed by atoms with van der Waals surface area (Å²) >= 11 is 0. The molecule has 0 aliphatic rings. The molecule has 0 aliphatic carbocycles. The number of nitrogens with zero attached hydrogens (tertiary/aromatic N) is 3. The summed E-state index contributed by atoms with van der Waals surface area (Å²) in [6.07, 6.45) is 3.52. The molecule has 0 bridgehead atoms. The molecule has 0 aromatic carbocycles. The summed E-state index contributed by atoms with van der Waals surface area (Å²) in [6, 6.07) is 0. The van der Waals surface area contributed by atoms with Gasteiger partial charge in [-0.1, -0.05) is 0 Å². The van der Waals surface area contributed by atoms with Crippen LogP contribution in [0.25, 0.3) is 0 Å². The maximum atomic E-state index is 4.00. The van der Waals surface area contributed by atoms with E-state index in [9.17, 15) is 0 Å². The topological polar surface area (TPSA) is 28.0 Å². The summed E-state index contributed by atoms with van der Waals surface area (Å²) in [5.74, 6) is 0. The van der Waals surface area contributed by atoms with Crippen LogP contribution in [0.4, 0.5) is 0 Å². The van der Waals surface area contributed by atoms with Crippen molar-refractivity contribution >= 4 is 12.6 Å². The van der Waals surface area contributed by atoms with Gasteiger partial charge in [-0.3, -0.25) is 9.98 Å². The molecule has 0 saturated carbocycles. The SMILES string of the molecule is C/C=N\CN(C)/C=N\C. The van der Waals surface area contributed by atoms with E-state index in [0.717, 1.165) is 0 Å². The summed E-state index contributed by atoms with van der Waals surface area (Å²) in [4.78, 5) is 9.72. The third kappa shape index (κ3) is 5.00. The van der Waals surface area contributed by atoms with Crippen molar-refractivity contribution in [3.63, 3.8) is 0 Å². The summed E-state index contributed by atoms with van der Waals surface area (Å²) in [5.41, 5.74) is 0. The Hall–Kier alpha value is -0.860. The van der Waals surface area contributed by atoms with Gasteiger partial charge in [0.15, 0.2) is 0 Å². The highest BCUT2D eigenvalue weighted by atomic mass is 15.2. The van der Waals surface area contributed by atoms with Crippen molar-refractivity contribution in [3.05, 3.63) is 0 Å². The lowest BCUT2D eigenvalue weighted by Crippen LogP contribution is -2.15. The lowest BCUT2D eigenvalue weighted by atomic mass is 10.8. The Bertz CT molecular complexity index is 107. The van der Waals surface area contributed by atoms with Gasteiger partial charge >= 0.3 is 0 Å². The van der Waals surface area contributed by atoms with Crippen LogP contribution < -0.4 is 0 Å². The van der Waals surface area contributed by atoms with Crippen LogP contribution in [-0.2, 0) is 0 Å². The zero-order valence-electron chi connectivity index (χ0n) is 6.20. The van der Waals surface area contributed by atoms with Crippen LogP contribution in [0.3, 0.4) is 0 Å². The Labute approximate surface area is 56.1 Å². The van der Waals surface area contributed by atoms with Gasteiger partial charge in [0.2, 0.25) is 0 Å². The highest BCUT2D eigenvalue weighted by Gasteiger charge is 1.82. The maximum Gasteiger partial charge on any atom is 0.110 e. The largest absolute Gasteiger partial charge is 0.347 e. The molecule has 0 atom stereocenters. The second-order valence-corrected chi connectivity index (χ2v) is 1.71. The molecule has 0 amide bonds.